The molecule has 0 saturated carbocycles. The molecule has 3 aromatic rings. The van der Waals surface area contributed by atoms with Gasteiger partial charge in [-0.15, -0.1) is 0 Å². The number of benzene rings is 2. The molecule has 1 aliphatic rings. The van der Waals surface area contributed by atoms with Crippen LogP contribution in [0.4, 0.5) is 5.95 Å². The van der Waals surface area contributed by atoms with Crippen LogP contribution >= 0.6 is 15.9 Å². The van der Waals surface area contributed by atoms with E-state index in [1.165, 1.54) is 0 Å². The molecular formula is C24H29BrN4OSi. The van der Waals surface area contributed by atoms with Gasteiger partial charge in [-0.3, -0.25) is 0 Å². The minimum absolute atomic E-state index is 0.0438. The topological polar surface area (TPSA) is 43.2 Å². The van der Waals surface area contributed by atoms with E-state index in [1.54, 1.807) is 6.33 Å². The number of nitrogens with zero attached hydrogens (tertiary/aromatic N) is 4. The lowest BCUT2D eigenvalue weighted by Crippen LogP contribution is -2.44. The highest BCUT2D eigenvalue weighted by molar-refractivity contribution is 9.10. The van der Waals surface area contributed by atoms with E-state index >= 15 is 0 Å². The van der Waals surface area contributed by atoms with Gasteiger partial charge in [0.2, 0.25) is 5.95 Å². The van der Waals surface area contributed by atoms with E-state index < -0.39 is 8.32 Å². The number of halogens is 1. The molecule has 0 amide bonds. The van der Waals surface area contributed by atoms with Gasteiger partial charge in [0.15, 0.2) is 0 Å². The van der Waals surface area contributed by atoms with E-state index in [0.717, 1.165) is 33.0 Å². The zero-order valence-corrected chi connectivity index (χ0v) is 21.5. The molecule has 1 aromatic heterocycles. The lowest BCUT2D eigenvalue weighted by atomic mass is 10.0. The molecule has 5 nitrogen and oxygen atoms in total. The number of hydrogen-bond acceptors (Lipinski definition) is 4. The predicted molar refractivity (Wildman–Crippen MR) is 133 cm³/mol. The number of para-hydroxylation sites is 1. The Bertz CT molecular complexity index is 1120. The fourth-order valence-electron chi connectivity index (χ4n) is 3.48. The van der Waals surface area contributed by atoms with Gasteiger partial charge in [0.25, 0.3) is 8.32 Å². The first-order chi connectivity index (χ1) is 14.6. The summed E-state index contributed by atoms with van der Waals surface area (Å²) in [6, 6.07) is 16.7. The maximum absolute atomic E-state index is 6.75. The maximum Gasteiger partial charge on any atom is 0.250 e. The summed E-state index contributed by atoms with van der Waals surface area (Å²) >= 11 is 3.53. The Morgan fingerprint density at radius 2 is 1.71 bits per heavy atom. The highest BCUT2D eigenvalue weighted by Gasteiger charge is 2.40. The standard InChI is InChI=1S/C24H29BrN4OSi/c1-24(2,3)31(5,6)30-22-10-8-7-9-19(22)21-15-20(17-11-13-18(25)14-12-17)29-23(28(21)4)26-16-27-29/h7-16,20H,1-6H3. The van der Waals surface area contributed by atoms with Crippen molar-refractivity contribution < 1.29 is 4.43 Å². The Balaban J connectivity index is 1.82. The van der Waals surface area contributed by atoms with Gasteiger partial charge in [0, 0.05) is 17.1 Å². The van der Waals surface area contributed by atoms with Crippen LogP contribution in [0.1, 0.15) is 37.9 Å². The minimum atomic E-state index is -1.99. The zero-order valence-electron chi connectivity index (χ0n) is 18.9. The highest BCUT2D eigenvalue weighted by atomic mass is 79.9. The summed E-state index contributed by atoms with van der Waals surface area (Å²) in [6.45, 7) is 11.4. The van der Waals surface area contributed by atoms with Crippen molar-refractivity contribution in [3.63, 3.8) is 0 Å². The molecule has 1 aliphatic heterocycles. The van der Waals surface area contributed by atoms with Gasteiger partial charge in [-0.05, 0) is 54.0 Å². The van der Waals surface area contributed by atoms with Gasteiger partial charge < -0.3 is 9.33 Å². The van der Waals surface area contributed by atoms with Crippen LogP contribution < -0.4 is 9.33 Å². The minimum Gasteiger partial charge on any atom is -0.543 e. The second-order valence-electron chi connectivity index (χ2n) is 9.47. The Morgan fingerprint density at radius 3 is 2.39 bits per heavy atom. The van der Waals surface area contributed by atoms with Gasteiger partial charge in [-0.25, -0.2) is 4.68 Å². The van der Waals surface area contributed by atoms with E-state index in [2.05, 4.69) is 113 Å². The number of allylic oxidation sites excluding steroid dienone is 1. The van der Waals surface area contributed by atoms with Crippen LogP contribution in [0.25, 0.3) is 5.70 Å². The largest absolute Gasteiger partial charge is 0.543 e. The molecular weight excluding hydrogens is 468 g/mol. The van der Waals surface area contributed by atoms with Crippen molar-refractivity contribution in [3.8, 4) is 5.75 Å². The fraction of sp³-hybridized carbons (Fsp3) is 0.333. The van der Waals surface area contributed by atoms with Gasteiger partial charge in [-0.2, -0.15) is 10.1 Å². The van der Waals surface area contributed by atoms with Crippen LogP contribution in [0.2, 0.25) is 18.1 Å². The third-order valence-corrected chi connectivity index (χ3v) is 11.2. The molecule has 0 spiro atoms. The van der Waals surface area contributed by atoms with E-state index in [9.17, 15) is 0 Å². The Kier molecular flexibility index (Phi) is 5.60. The number of anilines is 1. The molecule has 0 N–H and O–H groups in total. The number of hydrogen-bond donors (Lipinski definition) is 0. The van der Waals surface area contributed by atoms with Crippen LogP contribution in [-0.4, -0.2) is 30.1 Å². The second kappa shape index (κ2) is 7.95. The maximum atomic E-state index is 6.75. The van der Waals surface area contributed by atoms with E-state index in [4.69, 9.17) is 4.43 Å². The van der Waals surface area contributed by atoms with E-state index in [-0.39, 0.29) is 11.1 Å². The summed E-state index contributed by atoms with van der Waals surface area (Å²) < 4.78 is 9.77. The van der Waals surface area contributed by atoms with Crippen molar-refractivity contribution in [1.29, 1.82) is 0 Å². The summed E-state index contributed by atoms with van der Waals surface area (Å²) in [5, 5.41) is 4.63. The van der Waals surface area contributed by atoms with Gasteiger partial charge in [0.1, 0.15) is 18.1 Å². The van der Waals surface area contributed by atoms with Crippen molar-refractivity contribution in [2.24, 2.45) is 0 Å². The normalized spacial score (nSPS) is 16.7. The first-order valence-corrected chi connectivity index (χ1v) is 14.2. The van der Waals surface area contributed by atoms with Crippen molar-refractivity contribution in [3.05, 3.63) is 76.5 Å². The average molecular weight is 498 g/mol. The molecule has 2 aromatic carbocycles. The van der Waals surface area contributed by atoms with Gasteiger partial charge >= 0.3 is 0 Å². The molecule has 0 radical (unpaired) electrons. The number of fused-ring (bicyclic) bond motifs is 1. The summed E-state index contributed by atoms with van der Waals surface area (Å²) in [6.07, 6.45) is 3.87. The molecule has 7 heteroatoms. The van der Waals surface area contributed by atoms with Crippen molar-refractivity contribution in [1.82, 2.24) is 14.8 Å². The quantitative estimate of drug-likeness (QED) is 0.386. The summed E-state index contributed by atoms with van der Waals surface area (Å²) in [5.74, 6) is 1.74. The predicted octanol–water partition coefficient (Wildman–Crippen LogP) is 6.50. The Labute approximate surface area is 194 Å². The van der Waals surface area contributed by atoms with Crippen molar-refractivity contribution >= 4 is 35.9 Å². The third-order valence-electron chi connectivity index (χ3n) is 6.34. The molecule has 4 rings (SSSR count). The molecule has 0 fully saturated rings. The van der Waals surface area contributed by atoms with Crippen molar-refractivity contribution in [2.75, 3.05) is 11.9 Å². The Hall–Kier alpha value is -2.38. The van der Waals surface area contributed by atoms with E-state index in [0.29, 0.717) is 0 Å². The Morgan fingerprint density at radius 1 is 1.03 bits per heavy atom. The van der Waals surface area contributed by atoms with Crippen molar-refractivity contribution in [2.45, 2.75) is 44.9 Å². The first kappa shape index (κ1) is 21.8. The number of aromatic nitrogens is 3. The molecule has 162 valence electrons. The SMILES string of the molecule is CN1C(c2ccccc2O[Si](C)(C)C(C)(C)C)=CC(c2ccc(Br)cc2)n2ncnc21. The molecule has 1 unspecified atom stereocenters. The number of rotatable bonds is 4. The average Bonchev–Trinajstić information content (AvgIpc) is 3.19. The second-order valence-corrected chi connectivity index (χ2v) is 15.1. The van der Waals surface area contributed by atoms with Crippen LogP contribution in [0.3, 0.4) is 0 Å². The highest BCUT2D eigenvalue weighted by Crippen LogP contribution is 2.42. The third kappa shape index (κ3) is 4.08. The molecule has 31 heavy (non-hydrogen) atoms. The van der Waals surface area contributed by atoms with E-state index in [1.807, 2.05) is 17.8 Å². The molecule has 1 atom stereocenters. The smallest absolute Gasteiger partial charge is 0.250 e. The van der Waals surface area contributed by atoms with Crippen LogP contribution in [0, 0.1) is 0 Å². The summed E-state index contributed by atoms with van der Waals surface area (Å²) in [7, 11) is 0.0423. The van der Waals surface area contributed by atoms with Gasteiger partial charge in [-0.1, -0.05) is 61.0 Å². The first-order valence-electron chi connectivity index (χ1n) is 10.5. The molecule has 0 aliphatic carbocycles. The van der Waals surface area contributed by atoms with Gasteiger partial charge in [0.05, 0.1) is 5.70 Å². The summed E-state index contributed by atoms with van der Waals surface area (Å²) in [4.78, 5) is 6.64. The molecule has 2 heterocycles. The lowest BCUT2D eigenvalue weighted by molar-refractivity contribution is 0.490. The summed E-state index contributed by atoms with van der Waals surface area (Å²) in [5.41, 5.74) is 3.30. The zero-order chi connectivity index (χ0) is 22.4. The monoisotopic (exact) mass is 496 g/mol. The lowest BCUT2D eigenvalue weighted by Gasteiger charge is -2.38. The molecule has 0 bridgehead atoms. The van der Waals surface area contributed by atoms with Crippen LogP contribution in [0.15, 0.2) is 65.4 Å². The fourth-order valence-corrected chi connectivity index (χ4v) is 4.78. The molecule has 0 saturated heterocycles. The van der Waals surface area contributed by atoms with Crippen LogP contribution in [-0.2, 0) is 0 Å². The van der Waals surface area contributed by atoms with Crippen LogP contribution in [0.5, 0.6) is 5.75 Å².